The van der Waals surface area contributed by atoms with Crippen LogP contribution in [0.1, 0.15) is 51.5 Å². The van der Waals surface area contributed by atoms with Gasteiger partial charge in [0.15, 0.2) is 0 Å². The van der Waals surface area contributed by atoms with Gasteiger partial charge in [-0.2, -0.15) is 0 Å². The first-order chi connectivity index (χ1) is 15.7. The first-order valence-electron chi connectivity index (χ1n) is 11.9. The van der Waals surface area contributed by atoms with Crippen molar-refractivity contribution in [1.29, 1.82) is 0 Å². The molecular formula is C26H38N2O5. The van der Waals surface area contributed by atoms with Crippen LogP contribution in [0.15, 0.2) is 43.0 Å². The number of hydrogen-bond donors (Lipinski definition) is 4. The molecule has 2 saturated carbocycles. The molecule has 182 valence electrons. The highest BCUT2D eigenvalue weighted by Crippen LogP contribution is 2.61. The first kappa shape index (κ1) is 25.2. The molecule has 7 heteroatoms. The molecule has 33 heavy (non-hydrogen) atoms. The highest BCUT2D eigenvalue weighted by molar-refractivity contribution is 5.76. The van der Waals surface area contributed by atoms with E-state index in [-0.39, 0.29) is 36.2 Å². The van der Waals surface area contributed by atoms with E-state index < -0.39 is 23.7 Å². The summed E-state index contributed by atoms with van der Waals surface area (Å²) in [4.78, 5) is 25.0. The summed E-state index contributed by atoms with van der Waals surface area (Å²) in [6, 6.07) is 9.74. The number of carbonyl (C=O) groups excluding carboxylic acids is 2. The average Bonchev–Trinajstić information content (AvgIpc) is 2.81. The minimum atomic E-state index is -0.655. The van der Waals surface area contributed by atoms with Crippen molar-refractivity contribution < 1.29 is 24.5 Å². The zero-order valence-electron chi connectivity index (χ0n) is 19.8. The van der Waals surface area contributed by atoms with Crippen molar-refractivity contribution in [1.82, 2.24) is 10.6 Å². The number of ether oxygens (including phenoxy) is 1. The van der Waals surface area contributed by atoms with Gasteiger partial charge in [-0.25, -0.2) is 4.79 Å². The molecule has 1 aromatic carbocycles. The van der Waals surface area contributed by atoms with E-state index in [1.165, 1.54) is 0 Å². The van der Waals surface area contributed by atoms with E-state index in [2.05, 4.69) is 24.1 Å². The fourth-order valence-corrected chi connectivity index (χ4v) is 6.17. The quantitative estimate of drug-likeness (QED) is 0.448. The maximum absolute atomic E-state index is 12.8. The number of carbonyl (C=O) groups is 2. The SMILES string of the molecule is C=CCNC(=O)O[C@@H]1CC[C@]2(C)C(CC[C@@H](O)[C@H]2CC(=O)NCc2ccccc2)[C@]1(C)CO. The highest BCUT2D eigenvalue weighted by atomic mass is 16.6. The number of fused-ring (bicyclic) bond motifs is 1. The minimum Gasteiger partial charge on any atom is -0.446 e. The number of rotatable bonds is 8. The van der Waals surface area contributed by atoms with Crippen LogP contribution in [-0.2, 0) is 16.1 Å². The lowest BCUT2D eigenvalue weighted by Gasteiger charge is -2.60. The highest BCUT2D eigenvalue weighted by Gasteiger charge is 2.60. The van der Waals surface area contributed by atoms with Crippen molar-refractivity contribution in [3.63, 3.8) is 0 Å². The van der Waals surface area contributed by atoms with Gasteiger partial charge in [0.2, 0.25) is 5.91 Å². The predicted octanol–water partition coefficient (Wildman–Crippen LogP) is 3.16. The molecule has 4 N–H and O–H groups in total. The summed E-state index contributed by atoms with van der Waals surface area (Å²) in [7, 11) is 0. The van der Waals surface area contributed by atoms with Gasteiger partial charge in [0, 0.05) is 24.9 Å². The van der Waals surface area contributed by atoms with Gasteiger partial charge >= 0.3 is 6.09 Å². The molecule has 1 unspecified atom stereocenters. The standard InChI is InChI=1S/C26H38N2O5/c1-4-14-27-24(32)33-22-12-13-25(2)19(20(30)10-11-21(25)26(22,3)17-29)15-23(31)28-16-18-8-6-5-7-9-18/h4-9,19-22,29-30H,1,10-17H2,2-3H3,(H,27,32)(H,28,31)/t19-,20-,21?,22-,25+,26+/m1/s1. The van der Waals surface area contributed by atoms with Gasteiger partial charge in [0.05, 0.1) is 12.7 Å². The summed E-state index contributed by atoms with van der Waals surface area (Å²) >= 11 is 0. The number of benzene rings is 1. The van der Waals surface area contributed by atoms with E-state index >= 15 is 0 Å². The molecule has 3 rings (SSSR count). The minimum absolute atomic E-state index is 0.0104. The third-order valence-electron chi connectivity index (χ3n) is 8.05. The second kappa shape index (κ2) is 10.7. The van der Waals surface area contributed by atoms with Crippen molar-refractivity contribution in [3.8, 4) is 0 Å². The lowest BCUT2D eigenvalue weighted by atomic mass is 9.46. The molecule has 1 aromatic rings. The number of alkyl carbamates (subject to hydrolysis) is 1. The van der Waals surface area contributed by atoms with Crippen LogP contribution in [0.2, 0.25) is 0 Å². The summed E-state index contributed by atoms with van der Waals surface area (Å²) in [5, 5.41) is 27.0. The summed E-state index contributed by atoms with van der Waals surface area (Å²) < 4.78 is 5.73. The number of aliphatic hydroxyl groups excluding tert-OH is 2. The van der Waals surface area contributed by atoms with Crippen LogP contribution in [0.5, 0.6) is 0 Å². The van der Waals surface area contributed by atoms with Crippen LogP contribution < -0.4 is 10.6 Å². The Hall–Kier alpha value is -2.38. The van der Waals surface area contributed by atoms with Gasteiger partial charge in [-0.15, -0.1) is 6.58 Å². The number of hydrogen-bond acceptors (Lipinski definition) is 5. The van der Waals surface area contributed by atoms with Gasteiger partial charge < -0.3 is 25.6 Å². The van der Waals surface area contributed by atoms with E-state index in [1.807, 2.05) is 37.3 Å². The fraction of sp³-hybridized carbons (Fsp3) is 0.615. The molecule has 0 heterocycles. The molecular weight excluding hydrogens is 420 g/mol. The average molecular weight is 459 g/mol. The van der Waals surface area contributed by atoms with Crippen molar-refractivity contribution in [2.45, 2.75) is 64.7 Å². The van der Waals surface area contributed by atoms with Crippen LogP contribution in [0.4, 0.5) is 4.79 Å². The van der Waals surface area contributed by atoms with Crippen LogP contribution in [0, 0.1) is 22.7 Å². The van der Waals surface area contributed by atoms with Gasteiger partial charge in [-0.05, 0) is 48.5 Å². The normalized spacial score (nSPS) is 33.5. The molecule has 0 spiro atoms. The van der Waals surface area contributed by atoms with Crippen LogP contribution in [0.3, 0.4) is 0 Å². The Bertz CT molecular complexity index is 831. The molecule has 0 saturated heterocycles. The van der Waals surface area contributed by atoms with Crippen LogP contribution in [-0.4, -0.2) is 47.6 Å². The zero-order valence-corrected chi connectivity index (χ0v) is 19.8. The van der Waals surface area contributed by atoms with Crippen molar-refractivity contribution in [3.05, 3.63) is 48.6 Å². The zero-order chi connectivity index (χ0) is 24.1. The van der Waals surface area contributed by atoms with Gasteiger partial charge in [0.25, 0.3) is 0 Å². The third-order valence-corrected chi connectivity index (χ3v) is 8.05. The number of nitrogens with one attached hydrogen (secondary N) is 2. The molecule has 2 aliphatic carbocycles. The van der Waals surface area contributed by atoms with Crippen LogP contribution >= 0.6 is 0 Å². The van der Waals surface area contributed by atoms with E-state index in [0.717, 1.165) is 5.56 Å². The second-order valence-corrected chi connectivity index (χ2v) is 10.0. The van der Waals surface area contributed by atoms with Crippen molar-refractivity contribution in [2.75, 3.05) is 13.2 Å². The Balaban J connectivity index is 1.72. The summed E-state index contributed by atoms with van der Waals surface area (Å²) in [5.41, 5.74) is 0.0214. The maximum Gasteiger partial charge on any atom is 0.407 e. The number of amides is 2. The van der Waals surface area contributed by atoms with Gasteiger partial charge in [-0.1, -0.05) is 50.3 Å². The van der Waals surface area contributed by atoms with E-state index in [0.29, 0.717) is 38.8 Å². The Morgan fingerprint density at radius 1 is 1.18 bits per heavy atom. The molecule has 0 aliphatic heterocycles. The molecule has 6 atom stereocenters. The van der Waals surface area contributed by atoms with E-state index in [9.17, 15) is 19.8 Å². The maximum atomic E-state index is 12.8. The summed E-state index contributed by atoms with van der Waals surface area (Å²) in [6.07, 6.45) is 2.83. The smallest absolute Gasteiger partial charge is 0.407 e. The summed E-state index contributed by atoms with van der Waals surface area (Å²) in [5.74, 6) is -0.303. The molecule has 0 radical (unpaired) electrons. The number of aliphatic hydroxyl groups is 2. The molecule has 2 fully saturated rings. The fourth-order valence-electron chi connectivity index (χ4n) is 6.17. The van der Waals surface area contributed by atoms with Gasteiger partial charge in [0.1, 0.15) is 6.10 Å². The topological polar surface area (TPSA) is 108 Å². The lowest BCUT2D eigenvalue weighted by Crippen LogP contribution is -2.61. The Morgan fingerprint density at radius 3 is 2.58 bits per heavy atom. The Kier molecular flexibility index (Phi) is 8.19. The Labute approximate surface area is 196 Å². The molecule has 0 aromatic heterocycles. The third kappa shape index (κ3) is 5.41. The predicted molar refractivity (Wildman–Crippen MR) is 126 cm³/mol. The van der Waals surface area contributed by atoms with Crippen molar-refractivity contribution >= 4 is 12.0 Å². The summed E-state index contributed by atoms with van der Waals surface area (Å²) in [6.45, 7) is 8.31. The molecule has 2 aliphatic rings. The largest absolute Gasteiger partial charge is 0.446 e. The van der Waals surface area contributed by atoms with Crippen LogP contribution in [0.25, 0.3) is 0 Å². The van der Waals surface area contributed by atoms with Gasteiger partial charge in [-0.3, -0.25) is 4.79 Å². The van der Waals surface area contributed by atoms with E-state index in [4.69, 9.17) is 4.74 Å². The Morgan fingerprint density at radius 2 is 1.91 bits per heavy atom. The first-order valence-corrected chi connectivity index (χ1v) is 11.9. The molecule has 7 nitrogen and oxygen atoms in total. The second-order valence-electron chi connectivity index (χ2n) is 10.0. The lowest BCUT2D eigenvalue weighted by molar-refractivity contribution is -0.185. The van der Waals surface area contributed by atoms with Crippen molar-refractivity contribution in [2.24, 2.45) is 22.7 Å². The van der Waals surface area contributed by atoms with E-state index in [1.54, 1.807) is 6.08 Å². The monoisotopic (exact) mass is 458 g/mol. The molecule has 2 amide bonds. The molecule has 0 bridgehead atoms.